The number of rotatable bonds is 3. The van der Waals surface area contributed by atoms with Gasteiger partial charge in [-0.1, -0.05) is 44.2 Å². The number of benzene rings is 1. The fourth-order valence-electron chi connectivity index (χ4n) is 2.70. The molecular weight excluding hydrogens is 226 g/mol. The number of aliphatic carboxylic acids is 1. The van der Waals surface area contributed by atoms with Gasteiger partial charge in [0, 0.05) is 12.1 Å². The second-order valence-electron chi connectivity index (χ2n) is 5.81. The van der Waals surface area contributed by atoms with Gasteiger partial charge in [0.25, 0.3) is 0 Å². The van der Waals surface area contributed by atoms with Crippen molar-refractivity contribution in [1.82, 2.24) is 5.32 Å². The number of piperidine rings is 1. The van der Waals surface area contributed by atoms with Crippen LogP contribution >= 0.6 is 0 Å². The molecule has 1 aliphatic rings. The topological polar surface area (TPSA) is 49.3 Å². The van der Waals surface area contributed by atoms with Crippen molar-refractivity contribution in [2.45, 2.75) is 45.2 Å². The number of carboxylic acids is 1. The Morgan fingerprint density at radius 2 is 2.06 bits per heavy atom. The Morgan fingerprint density at radius 1 is 1.39 bits per heavy atom. The van der Waals surface area contributed by atoms with E-state index in [1.54, 1.807) is 0 Å². The van der Waals surface area contributed by atoms with E-state index in [4.69, 9.17) is 5.11 Å². The third-order valence-corrected chi connectivity index (χ3v) is 4.00. The van der Waals surface area contributed by atoms with Crippen LogP contribution in [0.3, 0.4) is 0 Å². The van der Waals surface area contributed by atoms with Crippen molar-refractivity contribution in [1.29, 1.82) is 0 Å². The van der Waals surface area contributed by atoms with Crippen LogP contribution in [0.5, 0.6) is 0 Å². The second-order valence-corrected chi connectivity index (χ2v) is 5.81. The lowest BCUT2D eigenvalue weighted by Crippen LogP contribution is -2.49. The van der Waals surface area contributed by atoms with Gasteiger partial charge in [-0.3, -0.25) is 4.79 Å². The molecule has 1 aromatic rings. The van der Waals surface area contributed by atoms with E-state index in [0.717, 1.165) is 12.8 Å². The summed E-state index contributed by atoms with van der Waals surface area (Å²) in [7, 11) is 0. The highest BCUT2D eigenvalue weighted by Gasteiger charge is 2.37. The van der Waals surface area contributed by atoms with Crippen LogP contribution in [0.4, 0.5) is 0 Å². The lowest BCUT2D eigenvalue weighted by molar-refractivity contribution is -0.138. The first-order valence-corrected chi connectivity index (χ1v) is 6.52. The van der Waals surface area contributed by atoms with E-state index < -0.39 is 5.97 Å². The summed E-state index contributed by atoms with van der Waals surface area (Å²) in [6.07, 6.45) is 2.31. The molecule has 1 heterocycles. The van der Waals surface area contributed by atoms with E-state index in [1.165, 1.54) is 5.56 Å². The molecule has 0 saturated carbocycles. The van der Waals surface area contributed by atoms with Crippen molar-refractivity contribution < 1.29 is 9.90 Å². The maximum absolute atomic E-state index is 11.0. The Hall–Kier alpha value is -1.35. The molecule has 0 aliphatic carbocycles. The molecular formula is C15H21NO2. The van der Waals surface area contributed by atoms with Gasteiger partial charge in [0.15, 0.2) is 0 Å². The molecule has 1 saturated heterocycles. The lowest BCUT2D eigenvalue weighted by Gasteiger charge is -2.43. The van der Waals surface area contributed by atoms with Gasteiger partial charge in [0.1, 0.15) is 0 Å². The smallest absolute Gasteiger partial charge is 0.304 e. The molecule has 1 aliphatic heterocycles. The molecule has 3 nitrogen and oxygen atoms in total. The Kier molecular flexibility index (Phi) is 3.71. The summed E-state index contributed by atoms with van der Waals surface area (Å²) in [5.74, 6) is -0.728. The van der Waals surface area contributed by atoms with Crippen LogP contribution in [-0.2, 0) is 4.79 Å². The standard InChI is InChI=1S/C15H21NO2/c1-15(2)9-8-12(11-6-4-3-5-7-11)16-13(15)10-14(17)18/h3-7,12-13,16H,8-10H2,1-2H3,(H,17,18)/t12-,13+/m0/s1. The number of carbonyl (C=O) groups is 1. The summed E-state index contributed by atoms with van der Waals surface area (Å²) in [5.41, 5.74) is 1.30. The van der Waals surface area contributed by atoms with E-state index in [2.05, 4.69) is 31.3 Å². The minimum Gasteiger partial charge on any atom is -0.481 e. The van der Waals surface area contributed by atoms with Gasteiger partial charge >= 0.3 is 5.97 Å². The third kappa shape index (κ3) is 2.91. The molecule has 3 heteroatoms. The summed E-state index contributed by atoms with van der Waals surface area (Å²) in [6, 6.07) is 10.6. The average molecular weight is 247 g/mol. The van der Waals surface area contributed by atoms with Crippen molar-refractivity contribution in [3.63, 3.8) is 0 Å². The van der Waals surface area contributed by atoms with Gasteiger partial charge in [-0.05, 0) is 23.8 Å². The normalized spacial score (nSPS) is 26.8. The maximum Gasteiger partial charge on any atom is 0.304 e. The molecule has 18 heavy (non-hydrogen) atoms. The molecule has 0 unspecified atom stereocenters. The first-order chi connectivity index (χ1) is 8.49. The van der Waals surface area contributed by atoms with Gasteiger partial charge in [0.05, 0.1) is 6.42 Å². The predicted molar refractivity (Wildman–Crippen MR) is 71.4 cm³/mol. The highest BCUT2D eigenvalue weighted by Crippen LogP contribution is 2.38. The van der Waals surface area contributed by atoms with Crippen molar-refractivity contribution in [2.24, 2.45) is 5.41 Å². The molecule has 0 radical (unpaired) electrons. The Labute approximate surface area is 108 Å². The van der Waals surface area contributed by atoms with Crippen LogP contribution in [0.2, 0.25) is 0 Å². The number of carboxylic acid groups (broad SMARTS) is 1. The molecule has 0 bridgehead atoms. The zero-order chi connectivity index (χ0) is 13.2. The van der Waals surface area contributed by atoms with E-state index in [1.807, 2.05) is 18.2 Å². The van der Waals surface area contributed by atoms with E-state index >= 15 is 0 Å². The number of nitrogens with one attached hydrogen (secondary N) is 1. The molecule has 1 fully saturated rings. The Morgan fingerprint density at radius 3 is 2.67 bits per heavy atom. The molecule has 98 valence electrons. The molecule has 2 atom stereocenters. The van der Waals surface area contributed by atoms with Crippen molar-refractivity contribution in [2.75, 3.05) is 0 Å². The van der Waals surface area contributed by atoms with Gasteiger partial charge in [-0.15, -0.1) is 0 Å². The summed E-state index contributed by atoms with van der Waals surface area (Å²) in [5, 5.41) is 12.5. The highest BCUT2D eigenvalue weighted by molar-refractivity contribution is 5.67. The third-order valence-electron chi connectivity index (χ3n) is 4.00. The van der Waals surface area contributed by atoms with Crippen molar-refractivity contribution in [3.8, 4) is 0 Å². The fourth-order valence-corrected chi connectivity index (χ4v) is 2.70. The largest absolute Gasteiger partial charge is 0.481 e. The molecule has 0 aromatic heterocycles. The molecule has 0 spiro atoms. The molecule has 2 N–H and O–H groups in total. The first-order valence-electron chi connectivity index (χ1n) is 6.52. The summed E-state index contributed by atoms with van der Waals surface area (Å²) >= 11 is 0. The number of hydrogen-bond donors (Lipinski definition) is 2. The van der Waals surface area contributed by atoms with Gasteiger partial charge in [0.2, 0.25) is 0 Å². The van der Waals surface area contributed by atoms with Crippen LogP contribution in [0.25, 0.3) is 0 Å². The molecule has 1 aromatic carbocycles. The van der Waals surface area contributed by atoms with Gasteiger partial charge in [-0.2, -0.15) is 0 Å². The van der Waals surface area contributed by atoms with Crippen LogP contribution in [0.15, 0.2) is 30.3 Å². The average Bonchev–Trinajstić information content (AvgIpc) is 2.32. The van der Waals surface area contributed by atoms with E-state index in [0.29, 0.717) is 0 Å². The first kappa shape index (κ1) is 13.1. The predicted octanol–water partition coefficient (Wildman–Crippen LogP) is 2.98. The van der Waals surface area contributed by atoms with Crippen LogP contribution in [0, 0.1) is 5.41 Å². The van der Waals surface area contributed by atoms with Crippen LogP contribution in [0.1, 0.15) is 44.7 Å². The summed E-state index contributed by atoms with van der Waals surface area (Å²) in [4.78, 5) is 11.0. The Balaban J connectivity index is 2.12. The van der Waals surface area contributed by atoms with Crippen molar-refractivity contribution in [3.05, 3.63) is 35.9 Å². The SMILES string of the molecule is CC1(C)CC[C@@H](c2ccccc2)N[C@@H]1CC(=O)O. The van der Waals surface area contributed by atoms with Gasteiger partial charge < -0.3 is 10.4 Å². The Bertz CT molecular complexity index is 414. The maximum atomic E-state index is 11.0. The fraction of sp³-hybridized carbons (Fsp3) is 0.533. The quantitative estimate of drug-likeness (QED) is 0.863. The van der Waals surface area contributed by atoms with E-state index in [-0.39, 0.29) is 23.9 Å². The minimum atomic E-state index is -0.728. The van der Waals surface area contributed by atoms with Gasteiger partial charge in [-0.25, -0.2) is 0 Å². The second kappa shape index (κ2) is 5.11. The zero-order valence-corrected chi connectivity index (χ0v) is 11.0. The van der Waals surface area contributed by atoms with E-state index in [9.17, 15) is 4.79 Å². The number of hydrogen-bond acceptors (Lipinski definition) is 2. The lowest BCUT2D eigenvalue weighted by atomic mass is 9.73. The summed E-state index contributed by atoms with van der Waals surface area (Å²) < 4.78 is 0. The summed E-state index contributed by atoms with van der Waals surface area (Å²) in [6.45, 7) is 4.30. The van der Waals surface area contributed by atoms with Crippen LogP contribution in [-0.4, -0.2) is 17.1 Å². The highest BCUT2D eigenvalue weighted by atomic mass is 16.4. The van der Waals surface area contributed by atoms with Crippen molar-refractivity contribution >= 4 is 5.97 Å². The monoisotopic (exact) mass is 247 g/mol. The minimum absolute atomic E-state index is 0.0361. The molecule has 2 rings (SSSR count). The van der Waals surface area contributed by atoms with Crippen LogP contribution < -0.4 is 5.32 Å². The molecule has 0 amide bonds. The zero-order valence-electron chi connectivity index (χ0n) is 11.0.